The van der Waals surface area contributed by atoms with Crippen LogP contribution in [0.15, 0.2) is 53.4 Å². The summed E-state index contributed by atoms with van der Waals surface area (Å²) in [7, 11) is -3.75. The molecule has 1 amide bonds. The molecule has 0 unspecified atom stereocenters. The zero-order valence-corrected chi connectivity index (χ0v) is 14.6. The van der Waals surface area contributed by atoms with E-state index in [9.17, 15) is 26.4 Å². The van der Waals surface area contributed by atoms with Crippen molar-refractivity contribution in [2.24, 2.45) is 0 Å². The minimum Gasteiger partial charge on any atom is -0.383 e. The Morgan fingerprint density at radius 1 is 1.04 bits per heavy atom. The van der Waals surface area contributed by atoms with Crippen LogP contribution in [0.3, 0.4) is 0 Å². The lowest BCUT2D eigenvalue weighted by molar-refractivity contribution is -0.137. The third-order valence-corrected chi connectivity index (χ3v) is 4.60. The predicted octanol–water partition coefficient (Wildman–Crippen LogP) is 2.95. The molecule has 0 bridgehead atoms. The standard InChI is InChI=1S/C17H17F3N2O3S/c1-26(24,25)13-7-8-15(14(11-13)17(18,19)20)21-9-10-22-16(23)12-5-3-2-4-6-12/h2-8,11,21H,9-10H2,1H3,(H,22,23). The van der Waals surface area contributed by atoms with E-state index in [1.807, 2.05) is 0 Å². The molecule has 2 rings (SSSR count). The Morgan fingerprint density at radius 3 is 2.27 bits per heavy atom. The molecule has 0 spiro atoms. The Morgan fingerprint density at radius 2 is 1.69 bits per heavy atom. The first-order chi connectivity index (χ1) is 12.1. The van der Waals surface area contributed by atoms with E-state index in [-0.39, 0.29) is 24.7 Å². The summed E-state index contributed by atoms with van der Waals surface area (Å²) in [5, 5.41) is 5.16. The first-order valence-electron chi connectivity index (χ1n) is 7.57. The molecule has 9 heteroatoms. The molecule has 2 N–H and O–H groups in total. The van der Waals surface area contributed by atoms with Gasteiger partial charge in [0.05, 0.1) is 10.5 Å². The third-order valence-electron chi connectivity index (χ3n) is 3.49. The van der Waals surface area contributed by atoms with Crippen molar-refractivity contribution < 1.29 is 26.4 Å². The molecule has 2 aromatic carbocycles. The average Bonchev–Trinajstić information content (AvgIpc) is 2.57. The molecule has 140 valence electrons. The van der Waals surface area contributed by atoms with Crippen LogP contribution in [0.4, 0.5) is 18.9 Å². The van der Waals surface area contributed by atoms with Gasteiger partial charge in [0.1, 0.15) is 0 Å². The second-order valence-electron chi connectivity index (χ2n) is 5.53. The predicted molar refractivity (Wildman–Crippen MR) is 91.8 cm³/mol. The maximum atomic E-state index is 13.2. The first kappa shape index (κ1) is 19.8. The summed E-state index contributed by atoms with van der Waals surface area (Å²) in [6, 6.07) is 11.2. The van der Waals surface area contributed by atoms with E-state index in [4.69, 9.17) is 0 Å². The lowest BCUT2D eigenvalue weighted by Gasteiger charge is -2.16. The van der Waals surface area contributed by atoms with Crippen molar-refractivity contribution in [2.75, 3.05) is 24.7 Å². The SMILES string of the molecule is CS(=O)(=O)c1ccc(NCCNC(=O)c2ccccc2)c(C(F)(F)F)c1. The van der Waals surface area contributed by atoms with Gasteiger partial charge in [0.15, 0.2) is 9.84 Å². The Bertz CT molecular complexity index is 882. The number of halogens is 3. The van der Waals surface area contributed by atoms with Crippen molar-refractivity contribution in [2.45, 2.75) is 11.1 Å². The summed E-state index contributed by atoms with van der Waals surface area (Å²) in [6.07, 6.45) is -3.87. The first-order valence-corrected chi connectivity index (χ1v) is 9.46. The van der Waals surface area contributed by atoms with E-state index in [1.165, 1.54) is 0 Å². The Labute approximate surface area is 149 Å². The number of carbonyl (C=O) groups is 1. The number of alkyl halides is 3. The zero-order valence-electron chi connectivity index (χ0n) is 13.8. The van der Waals surface area contributed by atoms with Crippen LogP contribution in [0.25, 0.3) is 0 Å². The number of nitrogens with one attached hydrogen (secondary N) is 2. The van der Waals surface area contributed by atoms with Gasteiger partial charge < -0.3 is 10.6 Å². The van der Waals surface area contributed by atoms with Gasteiger partial charge in [-0.25, -0.2) is 8.42 Å². The molecule has 0 saturated carbocycles. The zero-order chi connectivity index (χ0) is 19.4. The highest BCUT2D eigenvalue weighted by atomic mass is 32.2. The molecule has 0 aliphatic rings. The Balaban J connectivity index is 2.04. The van der Waals surface area contributed by atoms with Crippen molar-refractivity contribution in [1.29, 1.82) is 0 Å². The Kier molecular flexibility index (Phi) is 5.91. The minimum absolute atomic E-state index is 0.0415. The van der Waals surface area contributed by atoms with Crippen LogP contribution in [0.1, 0.15) is 15.9 Å². The van der Waals surface area contributed by atoms with E-state index >= 15 is 0 Å². The summed E-state index contributed by atoms with van der Waals surface area (Å²) in [5.74, 6) is -0.337. The van der Waals surface area contributed by atoms with E-state index in [0.717, 1.165) is 18.4 Å². The highest BCUT2D eigenvalue weighted by Gasteiger charge is 2.34. The van der Waals surface area contributed by atoms with E-state index in [2.05, 4.69) is 10.6 Å². The number of hydrogen-bond acceptors (Lipinski definition) is 4. The van der Waals surface area contributed by atoms with Crippen LogP contribution in [0.2, 0.25) is 0 Å². The highest BCUT2D eigenvalue weighted by molar-refractivity contribution is 7.90. The summed E-state index contributed by atoms with van der Waals surface area (Å²) in [4.78, 5) is 11.4. The van der Waals surface area contributed by atoms with E-state index in [0.29, 0.717) is 11.6 Å². The average molecular weight is 386 g/mol. The van der Waals surface area contributed by atoms with Crippen LogP contribution in [0.5, 0.6) is 0 Å². The molecule has 0 aliphatic carbocycles. The number of sulfone groups is 1. The van der Waals surface area contributed by atoms with Gasteiger partial charge in [0.25, 0.3) is 5.91 Å². The second-order valence-corrected chi connectivity index (χ2v) is 7.54. The van der Waals surface area contributed by atoms with Crippen molar-refractivity contribution in [3.05, 3.63) is 59.7 Å². The van der Waals surface area contributed by atoms with Gasteiger partial charge in [-0.1, -0.05) is 18.2 Å². The van der Waals surface area contributed by atoms with Gasteiger partial charge in [-0.15, -0.1) is 0 Å². The third kappa shape index (κ3) is 5.22. The van der Waals surface area contributed by atoms with E-state index in [1.54, 1.807) is 30.3 Å². The molecule has 26 heavy (non-hydrogen) atoms. The maximum Gasteiger partial charge on any atom is 0.418 e. The number of anilines is 1. The molecule has 0 aliphatic heterocycles. The summed E-state index contributed by atoms with van der Waals surface area (Å²) >= 11 is 0. The summed E-state index contributed by atoms with van der Waals surface area (Å²) < 4.78 is 62.4. The molecule has 0 saturated heterocycles. The molecule has 5 nitrogen and oxygen atoms in total. The molecule has 0 aromatic heterocycles. The lowest BCUT2D eigenvalue weighted by Crippen LogP contribution is -2.29. The van der Waals surface area contributed by atoms with Gasteiger partial charge in [0.2, 0.25) is 0 Å². The summed E-state index contributed by atoms with van der Waals surface area (Å²) in [5.41, 5.74) is -0.880. The molecular formula is C17H17F3N2O3S. The van der Waals surface area contributed by atoms with Gasteiger partial charge in [-0.05, 0) is 30.3 Å². The van der Waals surface area contributed by atoms with Crippen molar-refractivity contribution in [3.63, 3.8) is 0 Å². The Hall–Kier alpha value is -2.55. The smallest absolute Gasteiger partial charge is 0.383 e. The fraction of sp³-hybridized carbons (Fsp3) is 0.235. The van der Waals surface area contributed by atoms with Crippen molar-refractivity contribution in [3.8, 4) is 0 Å². The molecule has 0 radical (unpaired) electrons. The van der Waals surface area contributed by atoms with Crippen LogP contribution >= 0.6 is 0 Å². The number of hydrogen-bond donors (Lipinski definition) is 2. The molecule has 2 aromatic rings. The fourth-order valence-electron chi connectivity index (χ4n) is 2.21. The molecule has 0 heterocycles. The molecule has 0 atom stereocenters. The number of benzene rings is 2. The van der Waals surface area contributed by atoms with E-state index < -0.39 is 26.5 Å². The van der Waals surface area contributed by atoms with Gasteiger partial charge in [-0.3, -0.25) is 4.79 Å². The van der Waals surface area contributed by atoms with Gasteiger partial charge in [-0.2, -0.15) is 13.2 Å². The number of rotatable bonds is 6. The number of amides is 1. The van der Waals surface area contributed by atoms with Crippen LogP contribution < -0.4 is 10.6 Å². The number of carbonyl (C=O) groups excluding carboxylic acids is 1. The largest absolute Gasteiger partial charge is 0.418 e. The van der Waals surface area contributed by atoms with Gasteiger partial charge >= 0.3 is 6.18 Å². The van der Waals surface area contributed by atoms with Crippen molar-refractivity contribution in [1.82, 2.24) is 5.32 Å². The van der Waals surface area contributed by atoms with Crippen LogP contribution in [0, 0.1) is 0 Å². The highest BCUT2D eigenvalue weighted by Crippen LogP contribution is 2.36. The van der Waals surface area contributed by atoms with Crippen LogP contribution in [-0.4, -0.2) is 33.7 Å². The fourth-order valence-corrected chi connectivity index (χ4v) is 2.85. The lowest BCUT2D eigenvalue weighted by atomic mass is 10.1. The maximum absolute atomic E-state index is 13.2. The van der Waals surface area contributed by atoms with Crippen LogP contribution in [-0.2, 0) is 16.0 Å². The quantitative estimate of drug-likeness (QED) is 0.749. The monoisotopic (exact) mass is 386 g/mol. The second kappa shape index (κ2) is 7.77. The van der Waals surface area contributed by atoms with Crippen molar-refractivity contribution >= 4 is 21.4 Å². The normalized spacial score (nSPS) is 11.8. The molecular weight excluding hydrogens is 369 g/mol. The molecule has 0 fully saturated rings. The van der Waals surface area contributed by atoms with Gasteiger partial charge in [0, 0.05) is 30.6 Å². The summed E-state index contributed by atoms with van der Waals surface area (Å²) in [6.45, 7) is 0.138. The minimum atomic E-state index is -4.71. The topological polar surface area (TPSA) is 75.3 Å².